The number of carboxylic acid groups (broad SMARTS) is 1. The van der Waals surface area contributed by atoms with Gasteiger partial charge in [-0.1, -0.05) is 18.2 Å². The van der Waals surface area contributed by atoms with Crippen molar-refractivity contribution < 1.29 is 19.4 Å². The fraction of sp³-hybridized carbons (Fsp3) is 0.467. The molecule has 1 fully saturated rings. The number of carboxylic acids is 1. The number of carbonyl (C=O) groups is 2. The van der Waals surface area contributed by atoms with E-state index in [4.69, 9.17) is 9.84 Å². The summed E-state index contributed by atoms with van der Waals surface area (Å²) in [6.45, 7) is 4.08. The molecule has 1 unspecified atom stereocenters. The van der Waals surface area contributed by atoms with E-state index in [1.54, 1.807) is 0 Å². The average molecular weight is 277 g/mol. The first-order valence-corrected chi connectivity index (χ1v) is 6.70. The number of nitrogens with one attached hydrogen (secondary N) is 1. The summed E-state index contributed by atoms with van der Waals surface area (Å²) < 4.78 is 5.73. The van der Waals surface area contributed by atoms with Gasteiger partial charge in [0.15, 0.2) is 0 Å². The molecular formula is C15H19NO4. The number of carbonyl (C=O) groups excluding carboxylic acids is 1. The summed E-state index contributed by atoms with van der Waals surface area (Å²) in [5, 5.41) is 11.7. The molecule has 0 bridgehead atoms. The molecule has 20 heavy (non-hydrogen) atoms. The van der Waals surface area contributed by atoms with Crippen LogP contribution in [0.25, 0.3) is 0 Å². The SMILES string of the molecule is Cc1ccccc1OC(C)CNC(=O)C1(C(=O)O)CC1. The Kier molecular flexibility index (Phi) is 3.97. The van der Waals surface area contributed by atoms with Crippen LogP contribution in [0, 0.1) is 12.3 Å². The molecule has 0 radical (unpaired) electrons. The summed E-state index contributed by atoms with van der Waals surface area (Å²) in [5.41, 5.74) is -0.169. The van der Waals surface area contributed by atoms with E-state index >= 15 is 0 Å². The Morgan fingerprint density at radius 2 is 2.05 bits per heavy atom. The molecular weight excluding hydrogens is 258 g/mol. The topological polar surface area (TPSA) is 75.6 Å². The van der Waals surface area contributed by atoms with E-state index < -0.39 is 17.3 Å². The van der Waals surface area contributed by atoms with Crippen LogP contribution in [0.1, 0.15) is 25.3 Å². The molecule has 0 aliphatic heterocycles. The first kappa shape index (κ1) is 14.4. The van der Waals surface area contributed by atoms with Gasteiger partial charge in [0.2, 0.25) is 5.91 Å². The molecule has 5 nitrogen and oxygen atoms in total. The molecule has 0 saturated heterocycles. The van der Waals surface area contributed by atoms with E-state index in [9.17, 15) is 9.59 Å². The minimum Gasteiger partial charge on any atom is -0.489 e. The lowest BCUT2D eigenvalue weighted by molar-refractivity contribution is -0.149. The highest BCUT2D eigenvalue weighted by molar-refractivity contribution is 6.04. The van der Waals surface area contributed by atoms with Crippen LogP contribution >= 0.6 is 0 Å². The molecule has 5 heteroatoms. The van der Waals surface area contributed by atoms with Gasteiger partial charge in [0.25, 0.3) is 0 Å². The molecule has 2 N–H and O–H groups in total. The van der Waals surface area contributed by atoms with E-state index in [1.807, 2.05) is 38.1 Å². The first-order valence-electron chi connectivity index (χ1n) is 6.70. The monoisotopic (exact) mass is 277 g/mol. The summed E-state index contributed by atoms with van der Waals surface area (Å²) in [6, 6.07) is 7.63. The molecule has 1 aliphatic carbocycles. The maximum Gasteiger partial charge on any atom is 0.319 e. The number of hydrogen-bond acceptors (Lipinski definition) is 3. The number of rotatable bonds is 6. The lowest BCUT2D eigenvalue weighted by Gasteiger charge is -2.18. The Morgan fingerprint density at radius 3 is 2.60 bits per heavy atom. The van der Waals surface area contributed by atoms with Crippen LogP contribution in [0.2, 0.25) is 0 Å². The molecule has 1 atom stereocenters. The molecule has 1 aromatic rings. The number of benzene rings is 1. The second-order valence-electron chi connectivity index (χ2n) is 5.29. The molecule has 1 aliphatic rings. The standard InChI is InChI=1S/C15H19NO4/c1-10-5-3-4-6-12(10)20-11(2)9-16-13(17)15(7-8-15)14(18)19/h3-6,11H,7-9H2,1-2H3,(H,16,17)(H,18,19). The summed E-state index contributed by atoms with van der Waals surface area (Å²) in [6.07, 6.45) is 0.618. The van der Waals surface area contributed by atoms with Gasteiger partial charge in [-0.15, -0.1) is 0 Å². The lowest BCUT2D eigenvalue weighted by Crippen LogP contribution is -2.41. The van der Waals surface area contributed by atoms with Crippen molar-refractivity contribution in [2.24, 2.45) is 5.41 Å². The van der Waals surface area contributed by atoms with Crippen LogP contribution in [0.3, 0.4) is 0 Å². The van der Waals surface area contributed by atoms with E-state index in [1.165, 1.54) is 0 Å². The normalized spacial score (nSPS) is 17.1. The van der Waals surface area contributed by atoms with Crippen LogP contribution in [-0.2, 0) is 9.59 Å². The Balaban J connectivity index is 1.84. The molecule has 2 rings (SSSR count). The molecule has 1 amide bonds. The number of ether oxygens (including phenoxy) is 1. The van der Waals surface area contributed by atoms with Crippen molar-refractivity contribution in [3.63, 3.8) is 0 Å². The van der Waals surface area contributed by atoms with E-state index in [-0.39, 0.29) is 6.10 Å². The van der Waals surface area contributed by atoms with E-state index in [0.29, 0.717) is 19.4 Å². The minimum atomic E-state index is -1.19. The highest BCUT2D eigenvalue weighted by atomic mass is 16.5. The van der Waals surface area contributed by atoms with Gasteiger partial charge in [-0.2, -0.15) is 0 Å². The maximum atomic E-state index is 11.8. The van der Waals surface area contributed by atoms with Crippen molar-refractivity contribution in [3.8, 4) is 5.75 Å². The molecule has 108 valence electrons. The summed E-state index contributed by atoms with van der Waals surface area (Å²) in [5.74, 6) is -0.679. The molecule has 1 saturated carbocycles. The van der Waals surface area contributed by atoms with Crippen LogP contribution in [0.4, 0.5) is 0 Å². The van der Waals surface area contributed by atoms with Crippen molar-refractivity contribution in [1.29, 1.82) is 0 Å². The average Bonchev–Trinajstić information content (AvgIpc) is 3.20. The first-order chi connectivity index (χ1) is 9.45. The van der Waals surface area contributed by atoms with Crippen molar-refractivity contribution in [2.45, 2.75) is 32.8 Å². The molecule has 0 heterocycles. The van der Waals surface area contributed by atoms with Gasteiger partial charge < -0.3 is 15.2 Å². The predicted octanol–water partition coefficient (Wildman–Crippen LogP) is 1.74. The van der Waals surface area contributed by atoms with Crippen LogP contribution < -0.4 is 10.1 Å². The zero-order chi connectivity index (χ0) is 14.8. The zero-order valence-electron chi connectivity index (χ0n) is 11.7. The fourth-order valence-electron chi connectivity index (χ4n) is 2.02. The van der Waals surface area contributed by atoms with Gasteiger partial charge in [-0.05, 0) is 38.3 Å². The Labute approximate surface area is 117 Å². The van der Waals surface area contributed by atoms with E-state index in [0.717, 1.165) is 11.3 Å². The van der Waals surface area contributed by atoms with Crippen LogP contribution in [-0.4, -0.2) is 29.6 Å². The van der Waals surface area contributed by atoms with Crippen molar-refractivity contribution >= 4 is 11.9 Å². The van der Waals surface area contributed by atoms with Gasteiger partial charge in [0, 0.05) is 0 Å². The third-order valence-electron chi connectivity index (χ3n) is 3.57. The number of para-hydroxylation sites is 1. The fourth-order valence-corrected chi connectivity index (χ4v) is 2.02. The number of aliphatic carboxylic acids is 1. The second-order valence-corrected chi connectivity index (χ2v) is 5.29. The van der Waals surface area contributed by atoms with Gasteiger partial charge in [0.05, 0.1) is 6.54 Å². The quantitative estimate of drug-likeness (QED) is 0.777. The number of amides is 1. The number of aryl methyl sites for hydroxylation is 1. The Bertz CT molecular complexity index is 522. The Hall–Kier alpha value is -2.04. The summed E-state index contributed by atoms with van der Waals surface area (Å²) >= 11 is 0. The van der Waals surface area contributed by atoms with Crippen molar-refractivity contribution in [3.05, 3.63) is 29.8 Å². The summed E-state index contributed by atoms with van der Waals surface area (Å²) in [7, 11) is 0. The van der Waals surface area contributed by atoms with Crippen molar-refractivity contribution in [1.82, 2.24) is 5.32 Å². The van der Waals surface area contributed by atoms with Crippen LogP contribution in [0.5, 0.6) is 5.75 Å². The zero-order valence-corrected chi connectivity index (χ0v) is 11.7. The lowest BCUT2D eigenvalue weighted by atomic mass is 10.1. The second kappa shape index (κ2) is 5.53. The predicted molar refractivity (Wildman–Crippen MR) is 73.6 cm³/mol. The molecule has 0 aromatic heterocycles. The third kappa shape index (κ3) is 2.92. The maximum absolute atomic E-state index is 11.8. The smallest absolute Gasteiger partial charge is 0.319 e. The highest BCUT2D eigenvalue weighted by Crippen LogP contribution is 2.46. The van der Waals surface area contributed by atoms with Gasteiger partial charge in [0.1, 0.15) is 17.3 Å². The minimum absolute atomic E-state index is 0.218. The number of hydrogen-bond donors (Lipinski definition) is 2. The van der Waals surface area contributed by atoms with Gasteiger partial charge in [-0.25, -0.2) is 0 Å². The van der Waals surface area contributed by atoms with Gasteiger partial charge in [-0.3, -0.25) is 9.59 Å². The van der Waals surface area contributed by atoms with Crippen molar-refractivity contribution in [2.75, 3.05) is 6.54 Å². The highest BCUT2D eigenvalue weighted by Gasteiger charge is 2.57. The van der Waals surface area contributed by atoms with Crippen LogP contribution in [0.15, 0.2) is 24.3 Å². The third-order valence-corrected chi connectivity index (χ3v) is 3.57. The largest absolute Gasteiger partial charge is 0.489 e. The van der Waals surface area contributed by atoms with Gasteiger partial charge >= 0.3 is 5.97 Å². The van der Waals surface area contributed by atoms with E-state index in [2.05, 4.69) is 5.32 Å². The molecule has 1 aromatic carbocycles. The molecule has 0 spiro atoms. The summed E-state index contributed by atoms with van der Waals surface area (Å²) in [4.78, 5) is 22.9. The Morgan fingerprint density at radius 1 is 1.40 bits per heavy atom.